The number of amides is 1. The van der Waals surface area contributed by atoms with Crippen molar-refractivity contribution in [2.24, 2.45) is 11.8 Å². The molecule has 1 aromatic heterocycles. The lowest BCUT2D eigenvalue weighted by Crippen LogP contribution is -2.38. The Morgan fingerprint density at radius 2 is 1.82 bits per heavy atom. The highest BCUT2D eigenvalue weighted by molar-refractivity contribution is 5.83. The molecule has 0 radical (unpaired) electrons. The lowest BCUT2D eigenvalue weighted by Gasteiger charge is -2.24. The Morgan fingerprint density at radius 3 is 2.55 bits per heavy atom. The summed E-state index contributed by atoms with van der Waals surface area (Å²) in [7, 11) is 0. The number of carbonyl (C=O) groups excluding carboxylic acids is 1. The first kappa shape index (κ1) is 13.9. The van der Waals surface area contributed by atoms with Gasteiger partial charge in [-0.25, -0.2) is 9.97 Å². The van der Waals surface area contributed by atoms with Crippen molar-refractivity contribution in [2.45, 2.75) is 12.8 Å². The van der Waals surface area contributed by atoms with Crippen molar-refractivity contribution in [3.8, 4) is 0 Å². The molecule has 1 aromatic rings. The Bertz CT molecular complexity index is 531. The zero-order chi connectivity index (χ0) is 14.9. The number of hydrogen-bond acceptors (Lipinski definition) is 5. The van der Waals surface area contributed by atoms with Gasteiger partial charge in [0.25, 0.3) is 0 Å². The van der Waals surface area contributed by atoms with Gasteiger partial charge in [-0.2, -0.15) is 0 Å². The second kappa shape index (κ2) is 5.83. The van der Waals surface area contributed by atoms with Crippen LogP contribution in [0.5, 0.6) is 0 Å². The Morgan fingerprint density at radius 1 is 1.05 bits per heavy atom. The third-order valence-electron chi connectivity index (χ3n) is 5.24. The number of nitrogens with zero attached hydrogens (tertiary/aromatic N) is 5. The van der Waals surface area contributed by atoms with Crippen molar-refractivity contribution in [2.75, 3.05) is 50.7 Å². The Labute approximate surface area is 131 Å². The second-order valence-corrected chi connectivity index (χ2v) is 6.65. The quantitative estimate of drug-likeness (QED) is 0.809. The summed E-state index contributed by atoms with van der Waals surface area (Å²) in [5, 5.41) is 0. The van der Waals surface area contributed by atoms with Gasteiger partial charge in [-0.05, 0) is 32.0 Å². The molecule has 0 bridgehead atoms. The number of rotatable bonds is 4. The molecule has 118 valence electrons. The maximum atomic E-state index is 12.6. The summed E-state index contributed by atoms with van der Waals surface area (Å²) in [5.74, 6) is 1.67. The lowest BCUT2D eigenvalue weighted by molar-refractivity contribution is -0.130. The third-order valence-corrected chi connectivity index (χ3v) is 5.24. The van der Waals surface area contributed by atoms with Crippen LogP contribution in [0.2, 0.25) is 0 Å². The molecule has 4 rings (SSSR count). The van der Waals surface area contributed by atoms with Gasteiger partial charge in [-0.3, -0.25) is 4.79 Å². The monoisotopic (exact) mass is 301 g/mol. The molecule has 6 nitrogen and oxygen atoms in total. The van der Waals surface area contributed by atoms with E-state index < -0.39 is 0 Å². The van der Waals surface area contributed by atoms with Crippen LogP contribution in [-0.4, -0.2) is 71.5 Å². The van der Waals surface area contributed by atoms with Crippen LogP contribution in [0.3, 0.4) is 0 Å². The van der Waals surface area contributed by atoms with E-state index in [1.165, 1.54) is 25.9 Å². The molecule has 0 aliphatic carbocycles. The fraction of sp³-hybridized carbons (Fsp3) is 0.688. The lowest BCUT2D eigenvalue weighted by atomic mass is 10.0. The van der Waals surface area contributed by atoms with Gasteiger partial charge >= 0.3 is 0 Å². The van der Waals surface area contributed by atoms with E-state index in [1.807, 2.05) is 6.07 Å². The second-order valence-electron chi connectivity index (χ2n) is 6.65. The minimum atomic E-state index is 0.141. The van der Waals surface area contributed by atoms with Crippen molar-refractivity contribution in [1.29, 1.82) is 0 Å². The number of aromatic nitrogens is 2. The molecule has 3 aliphatic rings. The molecule has 6 heteroatoms. The molecule has 0 aromatic carbocycles. The molecular weight excluding hydrogens is 278 g/mol. The van der Waals surface area contributed by atoms with Crippen LogP contribution in [0.25, 0.3) is 0 Å². The average Bonchev–Trinajstić information content (AvgIpc) is 3.25. The summed E-state index contributed by atoms with van der Waals surface area (Å²) in [6, 6.07) is 1.83. The van der Waals surface area contributed by atoms with Crippen molar-refractivity contribution < 1.29 is 4.79 Å². The van der Waals surface area contributed by atoms with Gasteiger partial charge in [0.2, 0.25) is 11.9 Å². The maximum absolute atomic E-state index is 12.6. The van der Waals surface area contributed by atoms with Gasteiger partial charge in [0, 0.05) is 51.0 Å². The van der Waals surface area contributed by atoms with E-state index >= 15 is 0 Å². The van der Waals surface area contributed by atoms with Gasteiger partial charge < -0.3 is 14.7 Å². The van der Waals surface area contributed by atoms with Crippen LogP contribution >= 0.6 is 0 Å². The SMILES string of the molecule is O=C1[C@@H]2CN(c3ncccn3)C[C@@H]2CN1CCN1CCCC1. The van der Waals surface area contributed by atoms with Gasteiger partial charge in [-0.1, -0.05) is 0 Å². The fourth-order valence-electron chi connectivity index (χ4n) is 4.03. The largest absolute Gasteiger partial charge is 0.341 e. The topological polar surface area (TPSA) is 52.6 Å². The first-order valence-electron chi connectivity index (χ1n) is 8.34. The van der Waals surface area contributed by atoms with Crippen LogP contribution in [0.15, 0.2) is 18.5 Å². The number of hydrogen-bond donors (Lipinski definition) is 0. The first-order valence-corrected chi connectivity index (χ1v) is 8.34. The van der Waals surface area contributed by atoms with Crippen LogP contribution < -0.4 is 4.90 Å². The molecule has 0 unspecified atom stereocenters. The number of carbonyl (C=O) groups is 1. The number of likely N-dealkylation sites (tertiary alicyclic amines) is 2. The molecule has 0 saturated carbocycles. The summed E-state index contributed by atoms with van der Waals surface area (Å²) in [6.07, 6.45) is 6.15. The molecule has 3 saturated heterocycles. The van der Waals surface area contributed by atoms with Gasteiger partial charge in [-0.15, -0.1) is 0 Å². The minimum Gasteiger partial charge on any atom is -0.341 e. The van der Waals surface area contributed by atoms with Crippen molar-refractivity contribution in [3.05, 3.63) is 18.5 Å². The molecule has 22 heavy (non-hydrogen) atoms. The van der Waals surface area contributed by atoms with E-state index in [1.54, 1.807) is 12.4 Å². The van der Waals surface area contributed by atoms with Crippen molar-refractivity contribution in [1.82, 2.24) is 19.8 Å². The van der Waals surface area contributed by atoms with Gasteiger partial charge in [0.15, 0.2) is 0 Å². The molecule has 0 N–H and O–H groups in total. The predicted molar refractivity (Wildman–Crippen MR) is 83.5 cm³/mol. The highest BCUT2D eigenvalue weighted by atomic mass is 16.2. The standard InChI is InChI=1S/C16H23N5O/c22-15-14-12-21(16-17-4-3-5-18-16)11-13(14)10-20(15)9-8-19-6-1-2-7-19/h3-5,13-14H,1-2,6-12H2/t13-,14+/m0/s1. The number of anilines is 1. The molecule has 3 aliphatic heterocycles. The van der Waals surface area contributed by atoms with Crippen LogP contribution in [0.1, 0.15) is 12.8 Å². The van der Waals surface area contributed by atoms with Crippen molar-refractivity contribution >= 4 is 11.9 Å². The predicted octanol–water partition coefficient (Wildman–Crippen LogP) is 0.467. The van der Waals surface area contributed by atoms with Gasteiger partial charge in [0.1, 0.15) is 0 Å². The Hall–Kier alpha value is -1.69. The first-order chi connectivity index (χ1) is 10.8. The fourth-order valence-corrected chi connectivity index (χ4v) is 4.03. The maximum Gasteiger partial charge on any atom is 0.227 e. The summed E-state index contributed by atoms with van der Waals surface area (Å²) in [5.41, 5.74) is 0. The minimum absolute atomic E-state index is 0.141. The summed E-state index contributed by atoms with van der Waals surface area (Å²) in [4.78, 5) is 27.9. The molecule has 1 amide bonds. The zero-order valence-electron chi connectivity index (χ0n) is 12.9. The third kappa shape index (κ3) is 2.56. The highest BCUT2D eigenvalue weighted by Crippen LogP contribution is 2.33. The zero-order valence-corrected chi connectivity index (χ0v) is 12.9. The highest BCUT2D eigenvalue weighted by Gasteiger charge is 2.46. The van der Waals surface area contributed by atoms with E-state index in [9.17, 15) is 4.79 Å². The smallest absolute Gasteiger partial charge is 0.227 e. The Kier molecular flexibility index (Phi) is 3.70. The van der Waals surface area contributed by atoms with Crippen LogP contribution in [-0.2, 0) is 4.79 Å². The van der Waals surface area contributed by atoms with E-state index in [4.69, 9.17) is 0 Å². The molecule has 4 heterocycles. The van der Waals surface area contributed by atoms with E-state index in [0.717, 1.165) is 38.7 Å². The normalized spacial score (nSPS) is 28.6. The van der Waals surface area contributed by atoms with Gasteiger partial charge in [0.05, 0.1) is 5.92 Å². The van der Waals surface area contributed by atoms with E-state index in [2.05, 4.69) is 24.7 Å². The van der Waals surface area contributed by atoms with Crippen molar-refractivity contribution in [3.63, 3.8) is 0 Å². The average molecular weight is 301 g/mol. The molecular formula is C16H23N5O. The number of fused-ring (bicyclic) bond motifs is 1. The molecule has 0 spiro atoms. The van der Waals surface area contributed by atoms with Crippen LogP contribution in [0, 0.1) is 11.8 Å². The molecule has 2 atom stereocenters. The molecule has 3 fully saturated rings. The van der Waals surface area contributed by atoms with Crippen LogP contribution in [0.4, 0.5) is 5.95 Å². The van der Waals surface area contributed by atoms with E-state index in [0.29, 0.717) is 11.8 Å². The summed E-state index contributed by atoms with van der Waals surface area (Å²) < 4.78 is 0. The van der Waals surface area contributed by atoms with E-state index in [-0.39, 0.29) is 5.92 Å². The Balaban J connectivity index is 1.34. The summed E-state index contributed by atoms with van der Waals surface area (Å²) >= 11 is 0. The summed E-state index contributed by atoms with van der Waals surface area (Å²) in [6.45, 7) is 6.92.